The molecule has 5 unspecified atom stereocenters. The van der Waals surface area contributed by atoms with Crippen LogP contribution in [0.5, 0.6) is 0 Å². The summed E-state index contributed by atoms with van der Waals surface area (Å²) in [5.74, 6) is 3.80. The molecular weight excluding hydrogens is 234 g/mol. The Morgan fingerprint density at radius 3 is 2.47 bits per heavy atom. The molecule has 2 heteroatoms. The number of nitrogens with zero attached hydrogens (tertiary/aromatic N) is 1. The Morgan fingerprint density at radius 2 is 1.84 bits per heavy atom. The maximum atomic E-state index is 10.3. The Kier molecular flexibility index (Phi) is 5.30. The van der Waals surface area contributed by atoms with Gasteiger partial charge in [0.05, 0.1) is 6.10 Å². The zero-order valence-electron chi connectivity index (χ0n) is 13.3. The van der Waals surface area contributed by atoms with E-state index < -0.39 is 0 Å². The summed E-state index contributed by atoms with van der Waals surface area (Å²) in [5.41, 5.74) is 0. The van der Waals surface area contributed by atoms with Gasteiger partial charge >= 0.3 is 0 Å². The Hall–Kier alpha value is -0.0800. The van der Waals surface area contributed by atoms with Crippen molar-refractivity contribution in [1.82, 2.24) is 4.90 Å². The van der Waals surface area contributed by atoms with Gasteiger partial charge in [-0.1, -0.05) is 27.7 Å². The van der Waals surface area contributed by atoms with Crippen LogP contribution in [0.15, 0.2) is 0 Å². The fourth-order valence-corrected chi connectivity index (χ4v) is 3.93. The van der Waals surface area contributed by atoms with Crippen molar-refractivity contribution in [2.24, 2.45) is 29.6 Å². The van der Waals surface area contributed by atoms with E-state index in [1.54, 1.807) is 0 Å². The predicted molar refractivity (Wildman–Crippen MR) is 81.1 cm³/mol. The molecule has 0 aromatic carbocycles. The van der Waals surface area contributed by atoms with Gasteiger partial charge in [-0.25, -0.2) is 0 Å². The fourth-order valence-electron chi connectivity index (χ4n) is 3.93. The lowest BCUT2D eigenvalue weighted by molar-refractivity contribution is 0.00760. The molecule has 0 amide bonds. The largest absolute Gasteiger partial charge is 0.393 e. The third-order valence-corrected chi connectivity index (χ3v) is 5.84. The van der Waals surface area contributed by atoms with E-state index in [0.717, 1.165) is 36.6 Å². The average Bonchev–Trinajstić information content (AvgIpc) is 2.36. The number of hydrogen-bond donors (Lipinski definition) is 1. The van der Waals surface area contributed by atoms with E-state index >= 15 is 0 Å². The van der Waals surface area contributed by atoms with Crippen LogP contribution in [-0.2, 0) is 0 Å². The Morgan fingerprint density at radius 1 is 1.11 bits per heavy atom. The van der Waals surface area contributed by atoms with E-state index in [1.165, 1.54) is 32.4 Å². The maximum Gasteiger partial charge on any atom is 0.0580 e. The van der Waals surface area contributed by atoms with Gasteiger partial charge in [0.1, 0.15) is 0 Å². The second-order valence-corrected chi connectivity index (χ2v) is 7.65. The van der Waals surface area contributed by atoms with Gasteiger partial charge in [0, 0.05) is 13.1 Å². The molecule has 0 spiro atoms. The molecule has 2 rings (SSSR count). The van der Waals surface area contributed by atoms with Gasteiger partial charge in [0.2, 0.25) is 0 Å². The molecule has 1 heterocycles. The van der Waals surface area contributed by atoms with Crippen molar-refractivity contribution in [2.75, 3.05) is 19.6 Å². The summed E-state index contributed by atoms with van der Waals surface area (Å²) in [4.78, 5) is 2.61. The quantitative estimate of drug-likeness (QED) is 0.847. The van der Waals surface area contributed by atoms with Crippen LogP contribution in [0.3, 0.4) is 0 Å². The molecule has 2 fully saturated rings. The summed E-state index contributed by atoms with van der Waals surface area (Å²) in [6.45, 7) is 13.0. The van der Waals surface area contributed by atoms with Gasteiger partial charge in [-0.05, 0) is 61.8 Å². The van der Waals surface area contributed by atoms with E-state index in [1.807, 2.05) is 0 Å². The highest BCUT2D eigenvalue weighted by Gasteiger charge is 2.33. The highest BCUT2D eigenvalue weighted by Crippen LogP contribution is 2.35. The third kappa shape index (κ3) is 3.95. The van der Waals surface area contributed by atoms with Crippen LogP contribution in [0.2, 0.25) is 0 Å². The molecule has 1 aliphatic carbocycles. The predicted octanol–water partition coefficient (Wildman–Crippen LogP) is 3.40. The van der Waals surface area contributed by atoms with Crippen molar-refractivity contribution in [1.29, 1.82) is 0 Å². The van der Waals surface area contributed by atoms with E-state index in [2.05, 4.69) is 32.6 Å². The summed E-state index contributed by atoms with van der Waals surface area (Å²) in [7, 11) is 0. The maximum absolute atomic E-state index is 10.3. The molecule has 112 valence electrons. The lowest BCUT2D eigenvalue weighted by Gasteiger charge is -2.41. The topological polar surface area (TPSA) is 23.5 Å². The monoisotopic (exact) mass is 267 g/mol. The zero-order valence-corrected chi connectivity index (χ0v) is 13.3. The summed E-state index contributed by atoms with van der Waals surface area (Å²) >= 11 is 0. The van der Waals surface area contributed by atoms with E-state index in [4.69, 9.17) is 0 Å². The molecule has 2 nitrogen and oxygen atoms in total. The first-order chi connectivity index (χ1) is 8.97. The first kappa shape index (κ1) is 15.3. The zero-order chi connectivity index (χ0) is 14.0. The summed E-state index contributed by atoms with van der Waals surface area (Å²) in [6, 6.07) is 0. The van der Waals surface area contributed by atoms with Crippen molar-refractivity contribution in [3.8, 4) is 0 Å². The van der Waals surface area contributed by atoms with Crippen molar-refractivity contribution >= 4 is 0 Å². The molecule has 1 N–H and O–H groups in total. The molecule has 1 saturated carbocycles. The summed E-state index contributed by atoms with van der Waals surface area (Å²) < 4.78 is 0. The van der Waals surface area contributed by atoms with Crippen LogP contribution in [0, 0.1) is 29.6 Å². The number of rotatable bonds is 3. The SMILES string of the molecule is CC(C)C1CCC(O)C(CN2CCC(C)C(C)C2)C1. The summed E-state index contributed by atoms with van der Waals surface area (Å²) in [5, 5.41) is 10.3. The van der Waals surface area contributed by atoms with Crippen LogP contribution < -0.4 is 0 Å². The first-order valence-corrected chi connectivity index (χ1v) is 8.37. The second kappa shape index (κ2) is 6.58. The van der Waals surface area contributed by atoms with Gasteiger partial charge in [0.25, 0.3) is 0 Å². The number of aliphatic hydroxyl groups excluding tert-OH is 1. The Balaban J connectivity index is 1.86. The second-order valence-electron chi connectivity index (χ2n) is 7.65. The van der Waals surface area contributed by atoms with Gasteiger partial charge in [-0.15, -0.1) is 0 Å². The minimum absolute atomic E-state index is 0.0512. The van der Waals surface area contributed by atoms with Gasteiger partial charge in [-0.3, -0.25) is 0 Å². The van der Waals surface area contributed by atoms with Crippen molar-refractivity contribution < 1.29 is 5.11 Å². The molecule has 0 radical (unpaired) electrons. The minimum Gasteiger partial charge on any atom is -0.393 e. The number of likely N-dealkylation sites (tertiary alicyclic amines) is 1. The molecule has 1 saturated heterocycles. The van der Waals surface area contributed by atoms with Gasteiger partial charge in [-0.2, -0.15) is 0 Å². The molecule has 0 aromatic rings. The fraction of sp³-hybridized carbons (Fsp3) is 1.00. The van der Waals surface area contributed by atoms with Crippen LogP contribution in [0.4, 0.5) is 0 Å². The summed E-state index contributed by atoms with van der Waals surface area (Å²) in [6.07, 6.45) is 4.76. The average molecular weight is 267 g/mol. The highest BCUT2D eigenvalue weighted by atomic mass is 16.3. The molecule has 1 aliphatic heterocycles. The molecule has 19 heavy (non-hydrogen) atoms. The van der Waals surface area contributed by atoms with Crippen molar-refractivity contribution in [3.63, 3.8) is 0 Å². The Labute approximate surface area is 119 Å². The molecule has 2 aliphatic rings. The lowest BCUT2D eigenvalue weighted by atomic mass is 9.74. The third-order valence-electron chi connectivity index (χ3n) is 5.84. The van der Waals surface area contributed by atoms with Crippen LogP contribution in [-0.4, -0.2) is 35.7 Å². The van der Waals surface area contributed by atoms with E-state index in [0.29, 0.717) is 5.92 Å². The van der Waals surface area contributed by atoms with Crippen LogP contribution in [0.25, 0.3) is 0 Å². The minimum atomic E-state index is -0.0512. The molecular formula is C17H33NO. The first-order valence-electron chi connectivity index (χ1n) is 8.37. The Bertz CT molecular complexity index is 278. The molecule has 0 aromatic heterocycles. The smallest absolute Gasteiger partial charge is 0.0580 e. The van der Waals surface area contributed by atoms with Gasteiger partial charge in [0.15, 0.2) is 0 Å². The standard InChI is InChI=1S/C17H33NO/c1-12(2)15-5-6-17(19)16(9-15)11-18-8-7-13(3)14(4)10-18/h12-17,19H,5-11H2,1-4H3. The van der Waals surface area contributed by atoms with Gasteiger partial charge < -0.3 is 10.0 Å². The molecule has 5 atom stereocenters. The normalized spacial score (nSPS) is 41.7. The van der Waals surface area contributed by atoms with Crippen molar-refractivity contribution in [2.45, 2.75) is 59.5 Å². The lowest BCUT2D eigenvalue weighted by Crippen LogP contribution is -2.45. The van der Waals surface area contributed by atoms with E-state index in [9.17, 15) is 5.11 Å². The highest BCUT2D eigenvalue weighted by molar-refractivity contribution is 4.85. The molecule has 0 bridgehead atoms. The van der Waals surface area contributed by atoms with E-state index in [-0.39, 0.29) is 6.10 Å². The number of aliphatic hydroxyl groups is 1. The number of piperidine rings is 1. The van der Waals surface area contributed by atoms with Crippen LogP contribution >= 0.6 is 0 Å². The number of hydrogen-bond acceptors (Lipinski definition) is 2. The van der Waals surface area contributed by atoms with Crippen LogP contribution in [0.1, 0.15) is 53.4 Å². The van der Waals surface area contributed by atoms with Crippen molar-refractivity contribution in [3.05, 3.63) is 0 Å².